The first-order valence-corrected chi connectivity index (χ1v) is 7.91. The second kappa shape index (κ2) is 7.08. The molecule has 0 saturated carbocycles. The van der Waals surface area contributed by atoms with E-state index in [1.165, 1.54) is 12.3 Å². The van der Waals surface area contributed by atoms with Crippen molar-refractivity contribution in [2.45, 2.75) is 13.0 Å². The molecule has 1 atom stereocenters. The Hall–Kier alpha value is -2.64. The van der Waals surface area contributed by atoms with E-state index in [-0.39, 0.29) is 22.3 Å². The molecule has 0 amide bonds. The van der Waals surface area contributed by atoms with Crippen LogP contribution in [0.3, 0.4) is 0 Å². The van der Waals surface area contributed by atoms with Gasteiger partial charge in [0, 0.05) is 16.8 Å². The first-order chi connectivity index (χ1) is 11.9. The number of ether oxygens (including phenoxy) is 1. The van der Waals surface area contributed by atoms with Crippen LogP contribution in [0.25, 0.3) is 11.4 Å². The van der Waals surface area contributed by atoms with Crippen LogP contribution in [0.2, 0.25) is 10.2 Å². The molecule has 2 aromatic heterocycles. The Morgan fingerprint density at radius 3 is 2.68 bits per heavy atom. The molecule has 3 rings (SSSR count). The van der Waals surface area contributed by atoms with Gasteiger partial charge < -0.3 is 15.0 Å². The molecule has 2 N–H and O–H groups in total. The summed E-state index contributed by atoms with van der Waals surface area (Å²) >= 11 is 11.6. The van der Waals surface area contributed by atoms with Crippen LogP contribution in [0.1, 0.15) is 29.3 Å². The van der Waals surface area contributed by atoms with Gasteiger partial charge in [-0.2, -0.15) is 4.98 Å². The number of nitrogen functional groups attached to an aromatic ring is 1. The van der Waals surface area contributed by atoms with Gasteiger partial charge in [-0.1, -0.05) is 28.4 Å². The van der Waals surface area contributed by atoms with Gasteiger partial charge in [0.15, 0.2) is 11.3 Å². The number of esters is 1. The summed E-state index contributed by atoms with van der Waals surface area (Å²) in [6, 6.07) is 8.34. The molecule has 0 saturated heterocycles. The van der Waals surface area contributed by atoms with Gasteiger partial charge in [-0.15, -0.1) is 0 Å². The maximum absolute atomic E-state index is 12.1. The van der Waals surface area contributed by atoms with E-state index in [4.69, 9.17) is 38.2 Å². The molecule has 0 aliphatic heterocycles. The minimum atomic E-state index is -0.752. The van der Waals surface area contributed by atoms with Crippen molar-refractivity contribution in [3.63, 3.8) is 0 Å². The maximum atomic E-state index is 12.1. The fraction of sp³-hybridized carbons (Fsp3) is 0.125. The van der Waals surface area contributed by atoms with Crippen molar-refractivity contribution < 1.29 is 14.1 Å². The van der Waals surface area contributed by atoms with Crippen molar-refractivity contribution in [3.05, 3.63) is 58.2 Å². The average molecular weight is 379 g/mol. The van der Waals surface area contributed by atoms with E-state index >= 15 is 0 Å². The minimum absolute atomic E-state index is 0.120. The number of carbonyl (C=O) groups excluding carboxylic acids is 1. The molecule has 0 spiro atoms. The first-order valence-electron chi connectivity index (χ1n) is 7.15. The molecule has 25 heavy (non-hydrogen) atoms. The summed E-state index contributed by atoms with van der Waals surface area (Å²) < 4.78 is 10.4. The van der Waals surface area contributed by atoms with E-state index in [9.17, 15) is 4.79 Å². The van der Waals surface area contributed by atoms with Crippen LogP contribution < -0.4 is 5.73 Å². The summed E-state index contributed by atoms with van der Waals surface area (Å²) in [5.41, 5.74) is 6.71. The van der Waals surface area contributed by atoms with Crippen molar-refractivity contribution in [1.29, 1.82) is 0 Å². The number of carbonyl (C=O) groups is 1. The Balaban J connectivity index is 1.73. The molecule has 1 aromatic carbocycles. The van der Waals surface area contributed by atoms with Crippen molar-refractivity contribution in [3.8, 4) is 11.4 Å². The summed E-state index contributed by atoms with van der Waals surface area (Å²) in [6.07, 6.45) is 0.527. The Morgan fingerprint density at radius 2 is 2.00 bits per heavy atom. The molecule has 0 radical (unpaired) electrons. The van der Waals surface area contributed by atoms with Gasteiger partial charge in [0.1, 0.15) is 0 Å². The molecule has 9 heteroatoms. The highest BCUT2D eigenvalue weighted by atomic mass is 35.5. The van der Waals surface area contributed by atoms with Crippen molar-refractivity contribution >= 4 is 34.9 Å². The highest BCUT2D eigenvalue weighted by Gasteiger charge is 2.21. The maximum Gasteiger partial charge on any atom is 0.340 e. The van der Waals surface area contributed by atoms with Crippen LogP contribution in [0, 0.1) is 0 Å². The first kappa shape index (κ1) is 17.2. The summed E-state index contributed by atoms with van der Waals surface area (Å²) in [7, 11) is 0. The average Bonchev–Trinajstić information content (AvgIpc) is 3.08. The summed E-state index contributed by atoms with van der Waals surface area (Å²) in [5.74, 6) is -0.102. The van der Waals surface area contributed by atoms with E-state index in [1.807, 2.05) is 0 Å². The molecule has 0 bridgehead atoms. The van der Waals surface area contributed by atoms with E-state index in [0.717, 1.165) is 5.56 Å². The standard InChI is InChI=1S/C16H12Cl2N4O3/c1-8(24-16(23)10-6-12(19)13(18)20-7-10)15-21-14(22-25-15)9-2-4-11(17)5-3-9/h2-8H,19H2,1H3/t8-/m1/s1. The normalized spacial score (nSPS) is 12.0. The molecular formula is C16H12Cl2N4O3. The molecule has 128 valence electrons. The summed E-state index contributed by atoms with van der Waals surface area (Å²) in [6.45, 7) is 1.61. The third kappa shape index (κ3) is 3.89. The van der Waals surface area contributed by atoms with Crippen LogP contribution >= 0.6 is 23.2 Å². The van der Waals surface area contributed by atoms with Gasteiger partial charge in [0.05, 0.1) is 11.3 Å². The van der Waals surface area contributed by atoms with Gasteiger partial charge in [0.2, 0.25) is 5.82 Å². The number of aromatic nitrogens is 3. The van der Waals surface area contributed by atoms with Crippen LogP contribution in [0.15, 0.2) is 41.1 Å². The lowest BCUT2D eigenvalue weighted by Gasteiger charge is -2.09. The second-order valence-electron chi connectivity index (χ2n) is 5.11. The third-order valence-corrected chi connectivity index (χ3v) is 3.85. The predicted octanol–water partition coefficient (Wildman–Crippen LogP) is 3.94. The zero-order valence-corrected chi connectivity index (χ0v) is 14.5. The molecule has 2 heterocycles. The summed E-state index contributed by atoms with van der Waals surface area (Å²) in [5, 5.41) is 4.59. The largest absolute Gasteiger partial charge is 0.449 e. The van der Waals surface area contributed by atoms with Crippen LogP contribution in [-0.4, -0.2) is 21.1 Å². The number of hydrogen-bond acceptors (Lipinski definition) is 7. The van der Waals surface area contributed by atoms with Crippen molar-refractivity contribution in [2.75, 3.05) is 5.73 Å². The zero-order chi connectivity index (χ0) is 18.0. The van der Waals surface area contributed by atoms with Gasteiger partial charge in [0.25, 0.3) is 5.89 Å². The third-order valence-electron chi connectivity index (χ3n) is 3.28. The molecule has 0 fully saturated rings. The van der Waals surface area contributed by atoms with Gasteiger partial charge >= 0.3 is 5.97 Å². The molecule has 7 nitrogen and oxygen atoms in total. The Bertz CT molecular complexity index is 912. The second-order valence-corrected chi connectivity index (χ2v) is 5.91. The van der Waals surface area contributed by atoms with E-state index in [1.54, 1.807) is 31.2 Å². The van der Waals surface area contributed by atoms with E-state index < -0.39 is 12.1 Å². The topological polar surface area (TPSA) is 104 Å². The van der Waals surface area contributed by atoms with E-state index in [2.05, 4.69) is 15.1 Å². The number of nitrogens with two attached hydrogens (primary N) is 1. The molecule has 3 aromatic rings. The zero-order valence-electron chi connectivity index (χ0n) is 12.9. The molecule has 0 aliphatic rings. The predicted molar refractivity (Wildman–Crippen MR) is 92.2 cm³/mol. The number of halogens is 2. The van der Waals surface area contributed by atoms with E-state index in [0.29, 0.717) is 10.8 Å². The van der Waals surface area contributed by atoms with Crippen molar-refractivity contribution in [1.82, 2.24) is 15.1 Å². The lowest BCUT2D eigenvalue weighted by atomic mass is 10.2. The quantitative estimate of drug-likeness (QED) is 0.541. The minimum Gasteiger partial charge on any atom is -0.449 e. The fourth-order valence-electron chi connectivity index (χ4n) is 1.97. The number of benzene rings is 1. The Morgan fingerprint density at radius 1 is 1.28 bits per heavy atom. The van der Waals surface area contributed by atoms with Crippen LogP contribution in [0.5, 0.6) is 0 Å². The van der Waals surface area contributed by atoms with Gasteiger partial charge in [-0.25, -0.2) is 9.78 Å². The Kier molecular flexibility index (Phi) is 4.87. The number of nitrogens with zero attached hydrogens (tertiary/aromatic N) is 3. The van der Waals surface area contributed by atoms with Crippen LogP contribution in [0.4, 0.5) is 5.69 Å². The molecule has 0 aliphatic carbocycles. The van der Waals surface area contributed by atoms with Crippen LogP contribution in [-0.2, 0) is 4.74 Å². The number of pyridine rings is 1. The lowest BCUT2D eigenvalue weighted by molar-refractivity contribution is 0.0265. The van der Waals surface area contributed by atoms with Crippen molar-refractivity contribution in [2.24, 2.45) is 0 Å². The number of rotatable bonds is 4. The highest BCUT2D eigenvalue weighted by molar-refractivity contribution is 6.31. The summed E-state index contributed by atoms with van der Waals surface area (Å²) in [4.78, 5) is 20.2. The molecule has 0 unspecified atom stereocenters. The van der Waals surface area contributed by atoms with Gasteiger partial charge in [-0.3, -0.25) is 0 Å². The number of hydrogen-bond donors (Lipinski definition) is 1. The lowest BCUT2D eigenvalue weighted by Crippen LogP contribution is -2.10. The molecular weight excluding hydrogens is 367 g/mol. The van der Waals surface area contributed by atoms with Gasteiger partial charge in [-0.05, 0) is 37.3 Å². The number of anilines is 1. The monoisotopic (exact) mass is 378 g/mol. The fourth-order valence-corrected chi connectivity index (χ4v) is 2.20. The smallest absolute Gasteiger partial charge is 0.340 e. The highest BCUT2D eigenvalue weighted by Crippen LogP contribution is 2.23. The SMILES string of the molecule is C[C@@H](OC(=O)c1cnc(Cl)c(N)c1)c1nc(-c2ccc(Cl)cc2)no1. The Labute approximate surface area is 152 Å².